The fourth-order valence-corrected chi connectivity index (χ4v) is 10.3. The van der Waals surface area contributed by atoms with Gasteiger partial charge in [-0.15, -0.1) is 0 Å². The van der Waals surface area contributed by atoms with E-state index in [1.54, 1.807) is 0 Å². The molecule has 0 aliphatic carbocycles. The molecule has 25 heavy (non-hydrogen) atoms. The highest BCUT2D eigenvalue weighted by atomic mass is 32.2. The predicted molar refractivity (Wildman–Crippen MR) is 81.3 cm³/mol. The van der Waals surface area contributed by atoms with Crippen molar-refractivity contribution in [2.24, 2.45) is 0 Å². The molecule has 0 heterocycles. The summed E-state index contributed by atoms with van der Waals surface area (Å²) in [6.07, 6.45) is -0.0425. The fraction of sp³-hybridized carbons (Fsp3) is 1.00. The van der Waals surface area contributed by atoms with Crippen molar-refractivity contribution in [3.63, 3.8) is 0 Å². The highest BCUT2D eigenvalue weighted by molar-refractivity contribution is 7.89. The van der Waals surface area contributed by atoms with Crippen LogP contribution in [0.3, 0.4) is 0 Å². The lowest BCUT2D eigenvalue weighted by atomic mass is 10.6. The molecule has 0 rings (SSSR count). The molecule has 0 aromatic heterocycles. The van der Waals surface area contributed by atoms with Crippen LogP contribution < -0.4 is 0 Å². The summed E-state index contributed by atoms with van der Waals surface area (Å²) in [5.74, 6) is 0. The van der Waals surface area contributed by atoms with Gasteiger partial charge in [-0.2, -0.15) is 43.2 Å². The summed E-state index contributed by atoms with van der Waals surface area (Å²) in [5, 5.41) is 0. The fourth-order valence-electron chi connectivity index (χ4n) is 1.71. The van der Waals surface area contributed by atoms with Crippen molar-refractivity contribution >= 4 is 36.9 Å². The van der Waals surface area contributed by atoms with Gasteiger partial charge in [0.1, 0.15) is 0 Å². The van der Waals surface area contributed by atoms with E-state index in [2.05, 4.69) is 7.74 Å². The van der Waals surface area contributed by atoms with Gasteiger partial charge in [0.2, 0.25) is 16.6 Å². The standard InChI is InChI=1S/C9H18F6O6S2Si2/c1-24(2,20-22(16,17)8(10,11)12)6-5-7-25(3,4)21-23(18,19)9(13,14)15/h5-7H2,1-4H3. The molecule has 6 nitrogen and oxygen atoms in total. The van der Waals surface area contributed by atoms with Crippen molar-refractivity contribution in [3.8, 4) is 0 Å². The van der Waals surface area contributed by atoms with E-state index in [0.29, 0.717) is 0 Å². The first kappa shape index (κ1) is 24.8. The SMILES string of the molecule is C[Si](C)(CCC[Si](C)(C)OS(=O)(=O)C(F)(F)F)OS(=O)(=O)C(F)(F)F. The Hall–Kier alpha value is -0.166. The van der Waals surface area contributed by atoms with Crippen LogP contribution in [-0.4, -0.2) is 44.5 Å². The highest BCUT2D eigenvalue weighted by Crippen LogP contribution is 2.32. The molecule has 0 aromatic carbocycles. The van der Waals surface area contributed by atoms with Crippen LogP contribution in [0.5, 0.6) is 0 Å². The smallest absolute Gasteiger partial charge is 0.308 e. The third kappa shape index (κ3) is 7.94. The number of alkyl halides is 6. The summed E-state index contributed by atoms with van der Waals surface area (Å²) in [5.41, 5.74) is -11.1. The Morgan fingerprint density at radius 3 is 1.12 bits per heavy atom. The molecule has 0 aromatic rings. The van der Waals surface area contributed by atoms with Crippen LogP contribution in [0, 0.1) is 0 Å². The van der Waals surface area contributed by atoms with Crippen LogP contribution in [-0.2, 0) is 28.0 Å². The lowest BCUT2D eigenvalue weighted by Crippen LogP contribution is -2.41. The maximum atomic E-state index is 12.3. The summed E-state index contributed by atoms with van der Waals surface area (Å²) in [4.78, 5) is 0. The van der Waals surface area contributed by atoms with Crippen molar-refractivity contribution in [3.05, 3.63) is 0 Å². The molecule has 152 valence electrons. The number of hydrogen-bond acceptors (Lipinski definition) is 6. The second-order valence-corrected chi connectivity index (χ2v) is 18.5. The molecule has 0 unspecified atom stereocenters. The average Bonchev–Trinajstić information content (AvgIpc) is 2.20. The zero-order valence-electron chi connectivity index (χ0n) is 13.7. The molecule has 16 heteroatoms. The Labute approximate surface area is 144 Å². The Balaban J connectivity index is 4.84. The molecule has 0 N–H and O–H groups in total. The molecule has 0 radical (unpaired) electrons. The van der Waals surface area contributed by atoms with Crippen LogP contribution in [0.4, 0.5) is 26.3 Å². The lowest BCUT2D eigenvalue weighted by molar-refractivity contribution is -0.0507. The summed E-state index contributed by atoms with van der Waals surface area (Å²) in [6.45, 7) is 4.77. The van der Waals surface area contributed by atoms with Crippen LogP contribution in [0.15, 0.2) is 0 Å². The van der Waals surface area contributed by atoms with Gasteiger partial charge in [0.25, 0.3) is 0 Å². The van der Waals surface area contributed by atoms with Crippen molar-refractivity contribution in [1.29, 1.82) is 0 Å². The van der Waals surface area contributed by atoms with Crippen LogP contribution in [0.25, 0.3) is 0 Å². The molecular formula is C9H18F6O6S2Si2. The van der Waals surface area contributed by atoms with Gasteiger partial charge in [0.05, 0.1) is 0 Å². The van der Waals surface area contributed by atoms with Gasteiger partial charge in [-0.25, -0.2) is 0 Å². The molecular weight excluding hydrogens is 438 g/mol. The summed E-state index contributed by atoms with van der Waals surface area (Å²) in [7, 11) is -18.3. The molecule has 0 aliphatic heterocycles. The monoisotopic (exact) mass is 456 g/mol. The second kappa shape index (κ2) is 7.45. The number of rotatable bonds is 8. The van der Waals surface area contributed by atoms with Gasteiger partial charge in [-0.05, 0) is 38.3 Å². The minimum Gasteiger partial charge on any atom is -0.308 e. The molecule has 0 spiro atoms. The summed E-state index contributed by atoms with van der Waals surface area (Å²) >= 11 is 0. The van der Waals surface area contributed by atoms with Gasteiger partial charge in [0.15, 0.2) is 0 Å². The van der Waals surface area contributed by atoms with E-state index in [0.717, 1.165) is 0 Å². The highest BCUT2D eigenvalue weighted by Gasteiger charge is 2.51. The first-order chi connectivity index (χ1) is 10.6. The lowest BCUT2D eigenvalue weighted by Gasteiger charge is -2.26. The third-order valence-electron chi connectivity index (χ3n) is 2.80. The number of hydrogen-bond donors (Lipinski definition) is 0. The van der Waals surface area contributed by atoms with Crippen molar-refractivity contribution in [2.75, 3.05) is 0 Å². The second-order valence-electron chi connectivity index (χ2n) is 6.34. The van der Waals surface area contributed by atoms with E-state index >= 15 is 0 Å². The summed E-state index contributed by atoms with van der Waals surface area (Å²) in [6, 6.07) is -0.289. The van der Waals surface area contributed by atoms with Gasteiger partial charge >= 0.3 is 31.3 Å². The molecule has 0 aliphatic rings. The molecule has 0 bridgehead atoms. The maximum Gasteiger partial charge on any atom is 0.522 e. The maximum absolute atomic E-state index is 12.3. The molecule has 0 fully saturated rings. The zero-order chi connectivity index (χ0) is 20.5. The zero-order valence-corrected chi connectivity index (χ0v) is 17.3. The Morgan fingerprint density at radius 1 is 0.680 bits per heavy atom. The topological polar surface area (TPSA) is 86.7 Å². The molecule has 0 saturated heterocycles. The normalized spacial score (nSPS) is 15.4. The van der Waals surface area contributed by atoms with E-state index in [9.17, 15) is 43.2 Å². The van der Waals surface area contributed by atoms with Gasteiger partial charge in [-0.1, -0.05) is 6.42 Å². The minimum absolute atomic E-state index is 0.0425. The quantitative estimate of drug-likeness (QED) is 0.316. The van der Waals surface area contributed by atoms with Crippen LogP contribution in [0.2, 0.25) is 38.3 Å². The van der Waals surface area contributed by atoms with Crippen molar-refractivity contribution in [1.82, 2.24) is 0 Å². The first-order valence-corrected chi connectivity index (χ1v) is 15.7. The van der Waals surface area contributed by atoms with Gasteiger partial charge in [-0.3, -0.25) is 0 Å². The van der Waals surface area contributed by atoms with E-state index in [1.807, 2.05) is 0 Å². The van der Waals surface area contributed by atoms with Crippen LogP contribution in [0.1, 0.15) is 6.42 Å². The minimum atomic E-state index is -5.77. The Bertz CT molecular complexity index is 610. The van der Waals surface area contributed by atoms with E-state index in [4.69, 9.17) is 0 Å². The largest absolute Gasteiger partial charge is 0.522 e. The molecule has 0 atom stereocenters. The van der Waals surface area contributed by atoms with E-state index < -0.39 is 47.9 Å². The predicted octanol–water partition coefficient (Wildman–Crippen LogP) is 3.52. The third-order valence-corrected chi connectivity index (χ3v) is 12.4. The average molecular weight is 457 g/mol. The number of halogens is 6. The van der Waals surface area contributed by atoms with E-state index in [-0.39, 0.29) is 18.5 Å². The van der Waals surface area contributed by atoms with Crippen molar-refractivity contribution < 1.29 is 50.9 Å². The Kier molecular flexibility index (Phi) is 7.40. The first-order valence-electron chi connectivity index (χ1n) is 6.66. The molecule has 0 saturated carbocycles. The molecule has 0 amide bonds. The summed E-state index contributed by atoms with van der Waals surface area (Å²) < 4.78 is 126. The van der Waals surface area contributed by atoms with E-state index in [1.165, 1.54) is 26.2 Å². The van der Waals surface area contributed by atoms with Gasteiger partial charge in [0, 0.05) is 0 Å². The van der Waals surface area contributed by atoms with Gasteiger partial charge < -0.3 is 7.74 Å². The van der Waals surface area contributed by atoms with Crippen LogP contribution >= 0.6 is 0 Å². The van der Waals surface area contributed by atoms with Crippen molar-refractivity contribution in [2.45, 2.75) is 55.7 Å². The Morgan fingerprint density at radius 2 is 0.920 bits per heavy atom.